The zero-order chi connectivity index (χ0) is 30.3. The number of carbonyl (C=O) groups excluding carboxylic acids is 3. The summed E-state index contributed by atoms with van der Waals surface area (Å²) >= 11 is 0. The second-order valence-electron chi connectivity index (χ2n) is 9.76. The van der Waals surface area contributed by atoms with Gasteiger partial charge in [0.25, 0.3) is 0 Å². The third-order valence-corrected chi connectivity index (χ3v) is 5.97. The molecule has 0 bridgehead atoms. The number of rotatable bonds is 21. The number of hydrogen-bond acceptors (Lipinski definition) is 6. The summed E-state index contributed by atoms with van der Waals surface area (Å²) in [6.07, 6.45) is 17.1. The average molecular weight is 553 g/mol. The van der Waals surface area contributed by atoms with Crippen molar-refractivity contribution in [1.82, 2.24) is 0 Å². The average Bonchev–Trinajstić information content (AvgIpc) is 2.95. The first-order chi connectivity index (χ1) is 18.7. The maximum Gasteiger partial charge on any atom is 0.308 e. The minimum absolute atomic E-state index is 0.0111. The van der Waals surface area contributed by atoms with E-state index < -0.39 is 0 Å². The fourth-order valence-electron chi connectivity index (χ4n) is 3.24. The Morgan fingerprint density at radius 2 is 0.872 bits per heavy atom. The highest BCUT2D eigenvalue weighted by atomic mass is 16.5. The molecule has 3 atom stereocenters. The number of carbonyl (C=O) groups is 3. The Morgan fingerprint density at radius 3 is 1.13 bits per heavy atom. The molecule has 0 aliphatic rings. The largest absolute Gasteiger partial charge is 0.465 e. The predicted molar refractivity (Wildman–Crippen MR) is 163 cm³/mol. The number of hydrogen-bond donors (Lipinski definition) is 0. The van der Waals surface area contributed by atoms with Crippen molar-refractivity contribution in [1.29, 1.82) is 0 Å². The molecule has 0 saturated carbocycles. The second-order valence-corrected chi connectivity index (χ2v) is 9.76. The van der Waals surface area contributed by atoms with Crippen LogP contribution in [-0.2, 0) is 28.6 Å². The highest BCUT2D eigenvalue weighted by molar-refractivity contribution is 5.72. The van der Waals surface area contributed by atoms with Crippen molar-refractivity contribution in [3.63, 3.8) is 0 Å². The molecule has 0 N–H and O–H groups in total. The van der Waals surface area contributed by atoms with E-state index >= 15 is 0 Å². The van der Waals surface area contributed by atoms with Gasteiger partial charge >= 0.3 is 17.9 Å². The molecule has 0 amide bonds. The van der Waals surface area contributed by atoms with Crippen molar-refractivity contribution in [2.24, 2.45) is 17.8 Å². The molecular weight excluding hydrogens is 492 g/mol. The number of ether oxygens (including phenoxy) is 3. The molecule has 0 spiro atoms. The van der Waals surface area contributed by atoms with E-state index in [1.165, 1.54) is 0 Å². The normalized spacial score (nSPS) is 12.6. The van der Waals surface area contributed by atoms with Crippen LogP contribution >= 0.6 is 0 Å². The van der Waals surface area contributed by atoms with Gasteiger partial charge in [0.2, 0.25) is 0 Å². The number of esters is 3. The highest BCUT2D eigenvalue weighted by Crippen LogP contribution is 2.11. The van der Waals surface area contributed by atoms with Crippen LogP contribution in [0.1, 0.15) is 119 Å². The Balaban J connectivity index is -0.000000728. The number of unbranched alkanes of at least 4 members (excludes halogenated alkanes) is 3. The van der Waals surface area contributed by atoms with Crippen molar-refractivity contribution < 1.29 is 28.6 Å². The lowest BCUT2D eigenvalue weighted by atomic mass is 10.1. The Kier molecular flexibility index (Phi) is 33.6. The minimum atomic E-state index is -0.105. The molecule has 6 nitrogen and oxygen atoms in total. The van der Waals surface area contributed by atoms with Gasteiger partial charge in [-0.3, -0.25) is 14.4 Å². The van der Waals surface area contributed by atoms with Crippen molar-refractivity contribution >= 4 is 17.9 Å². The van der Waals surface area contributed by atoms with Crippen LogP contribution in [0.5, 0.6) is 0 Å². The van der Waals surface area contributed by atoms with E-state index in [4.69, 9.17) is 14.2 Å². The van der Waals surface area contributed by atoms with Crippen LogP contribution in [-0.4, -0.2) is 37.7 Å². The second kappa shape index (κ2) is 31.8. The first-order valence-corrected chi connectivity index (χ1v) is 15.0. The van der Waals surface area contributed by atoms with Gasteiger partial charge in [-0.15, -0.1) is 19.7 Å². The Labute approximate surface area is 240 Å². The molecule has 0 aromatic heterocycles. The molecule has 0 rings (SSSR count). The zero-order valence-electron chi connectivity index (χ0n) is 26.1. The van der Waals surface area contributed by atoms with Crippen LogP contribution in [0, 0.1) is 17.8 Å². The van der Waals surface area contributed by atoms with Gasteiger partial charge in [0.1, 0.15) is 0 Å². The van der Waals surface area contributed by atoms with E-state index in [1.54, 1.807) is 6.08 Å². The summed E-state index contributed by atoms with van der Waals surface area (Å²) in [4.78, 5) is 34.7. The lowest BCUT2D eigenvalue weighted by molar-refractivity contribution is -0.149. The molecule has 0 aromatic carbocycles. The first-order valence-electron chi connectivity index (χ1n) is 15.0. The van der Waals surface area contributed by atoms with Crippen molar-refractivity contribution in [3.05, 3.63) is 38.0 Å². The van der Waals surface area contributed by atoms with Gasteiger partial charge in [-0.2, -0.15) is 0 Å². The fraction of sp³-hybridized carbons (Fsp3) is 0.727. The van der Waals surface area contributed by atoms with E-state index in [0.717, 1.165) is 64.2 Å². The van der Waals surface area contributed by atoms with Gasteiger partial charge in [0, 0.05) is 0 Å². The molecule has 0 aliphatic heterocycles. The molecule has 228 valence electrons. The van der Waals surface area contributed by atoms with E-state index in [9.17, 15) is 14.4 Å². The van der Waals surface area contributed by atoms with Gasteiger partial charge in [0.05, 0.1) is 37.6 Å². The summed E-state index contributed by atoms with van der Waals surface area (Å²) in [6.45, 7) is 23.0. The maximum absolute atomic E-state index is 11.7. The standard InChI is InChI=1S/C20H36O4.C11H20O2.C2H4/c1-5-7-13-17(3)19(21)23-15-11-9-10-12-16-24-20(22)18(4)14-8-6-2;1-4-6-8-10(3)11(12)13-9-7-5-2;1-2/h9-10,17-18H,5-8,11-16H2,1-4H3;5,10H,2,4,6-9H2,1,3H3;1-2H2/b10-9+;;. The van der Waals surface area contributed by atoms with Crippen LogP contribution in [0.25, 0.3) is 0 Å². The Morgan fingerprint density at radius 1 is 0.590 bits per heavy atom. The maximum atomic E-state index is 11.7. The van der Waals surface area contributed by atoms with Gasteiger partial charge in [0.15, 0.2) is 0 Å². The molecule has 0 saturated heterocycles. The van der Waals surface area contributed by atoms with Gasteiger partial charge in [-0.25, -0.2) is 0 Å². The van der Waals surface area contributed by atoms with Crippen LogP contribution in [0.3, 0.4) is 0 Å². The molecule has 0 fully saturated rings. The van der Waals surface area contributed by atoms with E-state index in [-0.39, 0.29) is 35.7 Å². The highest BCUT2D eigenvalue weighted by Gasteiger charge is 2.14. The monoisotopic (exact) mass is 552 g/mol. The topological polar surface area (TPSA) is 78.9 Å². The Bertz CT molecular complexity index is 594. The summed E-state index contributed by atoms with van der Waals surface area (Å²) in [5, 5.41) is 0. The van der Waals surface area contributed by atoms with Gasteiger partial charge in [-0.1, -0.05) is 98.3 Å². The lowest BCUT2D eigenvalue weighted by Gasteiger charge is -2.10. The predicted octanol–water partition coefficient (Wildman–Crippen LogP) is 8.80. The lowest BCUT2D eigenvalue weighted by Crippen LogP contribution is -2.15. The molecule has 0 radical (unpaired) electrons. The summed E-state index contributed by atoms with van der Waals surface area (Å²) in [6, 6.07) is 0. The van der Waals surface area contributed by atoms with Crippen LogP contribution in [0.15, 0.2) is 38.0 Å². The van der Waals surface area contributed by atoms with E-state index in [2.05, 4.69) is 40.5 Å². The third kappa shape index (κ3) is 28.5. The molecule has 6 heteroatoms. The molecule has 0 heterocycles. The van der Waals surface area contributed by atoms with Crippen LogP contribution in [0.4, 0.5) is 0 Å². The Hall–Kier alpha value is -2.37. The van der Waals surface area contributed by atoms with Gasteiger partial charge in [-0.05, 0) is 38.5 Å². The minimum Gasteiger partial charge on any atom is -0.465 e. The van der Waals surface area contributed by atoms with Crippen LogP contribution < -0.4 is 0 Å². The summed E-state index contributed by atoms with van der Waals surface area (Å²) in [5.41, 5.74) is 0. The van der Waals surface area contributed by atoms with Crippen molar-refractivity contribution in [3.8, 4) is 0 Å². The smallest absolute Gasteiger partial charge is 0.308 e. The van der Waals surface area contributed by atoms with Crippen molar-refractivity contribution in [2.45, 2.75) is 119 Å². The molecular formula is C33H60O6. The SMILES string of the molecule is C=C.C=CCCOC(=O)C(C)CCCC.CCCCC(C)C(=O)OCC/C=C/CCOC(=O)C(C)CCCC. The molecule has 3 unspecified atom stereocenters. The zero-order valence-corrected chi connectivity index (χ0v) is 26.1. The van der Waals surface area contributed by atoms with Gasteiger partial charge < -0.3 is 14.2 Å². The van der Waals surface area contributed by atoms with E-state index in [0.29, 0.717) is 32.7 Å². The summed E-state index contributed by atoms with van der Waals surface area (Å²) in [5.74, 6) is -0.259. The fourth-order valence-corrected chi connectivity index (χ4v) is 3.24. The molecule has 39 heavy (non-hydrogen) atoms. The van der Waals surface area contributed by atoms with E-state index in [1.807, 2.05) is 32.9 Å². The quantitative estimate of drug-likeness (QED) is 0.0613. The molecule has 0 aromatic rings. The summed E-state index contributed by atoms with van der Waals surface area (Å²) < 4.78 is 15.5. The third-order valence-electron chi connectivity index (χ3n) is 5.97. The summed E-state index contributed by atoms with van der Waals surface area (Å²) in [7, 11) is 0. The molecule has 0 aliphatic carbocycles. The van der Waals surface area contributed by atoms with Crippen LogP contribution in [0.2, 0.25) is 0 Å². The van der Waals surface area contributed by atoms with Crippen molar-refractivity contribution in [2.75, 3.05) is 19.8 Å². The first kappa shape index (κ1) is 41.1.